The minimum Gasteiger partial charge on any atom is -0.360 e. The number of carbonyl (C=O) groups is 3. The van der Waals surface area contributed by atoms with Crippen molar-refractivity contribution in [1.82, 2.24) is 10.1 Å². The Hall–Kier alpha value is -2.87. The van der Waals surface area contributed by atoms with Gasteiger partial charge < -0.3 is 9.84 Å². The van der Waals surface area contributed by atoms with Crippen LogP contribution in [0.4, 0.5) is 16.3 Å². The molecule has 4 amide bonds. The summed E-state index contributed by atoms with van der Waals surface area (Å²) in [4.78, 5) is 39.3. The SMILES string of the molecule is Cc1cc(NC(=O)CN2C(=O)[C@@H](C)N(c3ccc(Cl)cc3)C2=O)no1. The lowest BCUT2D eigenvalue weighted by Gasteiger charge is -2.19. The van der Waals surface area contributed by atoms with Gasteiger partial charge in [-0.15, -0.1) is 0 Å². The minimum atomic E-state index is -0.712. The van der Waals surface area contributed by atoms with Gasteiger partial charge in [0.1, 0.15) is 18.3 Å². The van der Waals surface area contributed by atoms with Crippen LogP contribution in [0.3, 0.4) is 0 Å². The van der Waals surface area contributed by atoms with Crippen LogP contribution in [0.1, 0.15) is 12.7 Å². The summed E-state index contributed by atoms with van der Waals surface area (Å²) < 4.78 is 4.85. The average molecular weight is 363 g/mol. The molecule has 25 heavy (non-hydrogen) atoms. The molecule has 9 heteroatoms. The Kier molecular flexibility index (Phi) is 4.45. The molecule has 0 unspecified atom stereocenters. The molecule has 0 radical (unpaired) electrons. The van der Waals surface area contributed by atoms with Crippen molar-refractivity contribution >= 4 is 41.0 Å². The topological polar surface area (TPSA) is 95.8 Å². The van der Waals surface area contributed by atoms with Crippen molar-refractivity contribution in [2.75, 3.05) is 16.8 Å². The normalized spacial score (nSPS) is 17.3. The van der Waals surface area contributed by atoms with Gasteiger partial charge in [0.15, 0.2) is 5.82 Å². The molecule has 0 bridgehead atoms. The fraction of sp³-hybridized carbons (Fsp3) is 0.250. The molecule has 0 spiro atoms. The predicted molar refractivity (Wildman–Crippen MR) is 90.4 cm³/mol. The number of rotatable bonds is 4. The van der Waals surface area contributed by atoms with Crippen molar-refractivity contribution < 1.29 is 18.9 Å². The van der Waals surface area contributed by atoms with E-state index in [0.29, 0.717) is 16.5 Å². The summed E-state index contributed by atoms with van der Waals surface area (Å²) in [7, 11) is 0. The smallest absolute Gasteiger partial charge is 0.332 e. The number of aromatic nitrogens is 1. The third kappa shape index (κ3) is 3.34. The second-order valence-corrected chi connectivity index (χ2v) is 6.04. The number of amides is 4. The number of benzene rings is 1. The molecule has 8 nitrogen and oxygen atoms in total. The van der Waals surface area contributed by atoms with Gasteiger partial charge in [-0.3, -0.25) is 19.4 Å². The summed E-state index contributed by atoms with van der Waals surface area (Å²) in [5, 5.41) is 6.64. The van der Waals surface area contributed by atoms with Crippen LogP contribution in [0.5, 0.6) is 0 Å². The second-order valence-electron chi connectivity index (χ2n) is 5.60. The monoisotopic (exact) mass is 362 g/mol. The molecule has 1 aliphatic heterocycles. The zero-order valence-electron chi connectivity index (χ0n) is 13.5. The summed E-state index contributed by atoms with van der Waals surface area (Å²) in [5.41, 5.74) is 0.533. The van der Waals surface area contributed by atoms with Crippen LogP contribution >= 0.6 is 11.6 Å². The third-order valence-electron chi connectivity index (χ3n) is 3.75. The first-order chi connectivity index (χ1) is 11.9. The molecule has 0 aliphatic carbocycles. The molecule has 3 rings (SSSR count). The van der Waals surface area contributed by atoms with Crippen molar-refractivity contribution in [1.29, 1.82) is 0 Å². The number of hydrogen-bond donors (Lipinski definition) is 1. The van der Waals surface area contributed by atoms with Crippen LogP contribution in [0.15, 0.2) is 34.9 Å². The Morgan fingerprint density at radius 1 is 1.32 bits per heavy atom. The fourth-order valence-electron chi connectivity index (χ4n) is 2.56. The van der Waals surface area contributed by atoms with Crippen molar-refractivity contribution in [2.24, 2.45) is 0 Å². The van der Waals surface area contributed by atoms with Crippen LogP contribution in [-0.2, 0) is 9.59 Å². The zero-order chi connectivity index (χ0) is 18.1. The van der Waals surface area contributed by atoms with Crippen LogP contribution in [0, 0.1) is 6.92 Å². The highest BCUT2D eigenvalue weighted by molar-refractivity contribution is 6.30. The molecule has 1 atom stereocenters. The summed E-state index contributed by atoms with van der Waals surface area (Å²) in [6.45, 7) is 2.88. The maximum Gasteiger partial charge on any atom is 0.332 e. The van der Waals surface area contributed by atoms with E-state index >= 15 is 0 Å². The van der Waals surface area contributed by atoms with Crippen molar-refractivity contribution in [3.05, 3.63) is 41.1 Å². The van der Waals surface area contributed by atoms with Gasteiger partial charge in [-0.2, -0.15) is 0 Å². The Morgan fingerprint density at radius 3 is 2.60 bits per heavy atom. The highest BCUT2D eigenvalue weighted by Gasteiger charge is 2.44. The molecule has 1 aliphatic rings. The Labute approximate surface area is 148 Å². The lowest BCUT2D eigenvalue weighted by atomic mass is 10.2. The quantitative estimate of drug-likeness (QED) is 0.843. The number of aryl methyl sites for hydroxylation is 1. The molecule has 1 aromatic heterocycles. The van der Waals surface area contributed by atoms with Gasteiger partial charge in [0, 0.05) is 16.8 Å². The highest BCUT2D eigenvalue weighted by Crippen LogP contribution is 2.26. The van der Waals surface area contributed by atoms with E-state index in [1.807, 2.05) is 0 Å². The third-order valence-corrected chi connectivity index (χ3v) is 4.00. The fourth-order valence-corrected chi connectivity index (χ4v) is 2.68. The Balaban J connectivity index is 1.73. The van der Waals surface area contributed by atoms with Gasteiger partial charge in [0.25, 0.3) is 5.91 Å². The van der Waals surface area contributed by atoms with E-state index in [9.17, 15) is 14.4 Å². The van der Waals surface area contributed by atoms with Crippen LogP contribution in [0.25, 0.3) is 0 Å². The molecular weight excluding hydrogens is 348 g/mol. The predicted octanol–water partition coefficient (Wildman–Crippen LogP) is 2.43. The minimum absolute atomic E-state index is 0.226. The van der Waals surface area contributed by atoms with Crippen LogP contribution < -0.4 is 10.2 Å². The second kappa shape index (κ2) is 6.56. The number of nitrogens with zero attached hydrogens (tertiary/aromatic N) is 3. The molecule has 130 valence electrons. The summed E-state index contributed by atoms with van der Waals surface area (Å²) in [5.74, 6) is -0.234. The number of urea groups is 1. The van der Waals surface area contributed by atoms with Crippen molar-refractivity contribution in [2.45, 2.75) is 19.9 Å². The van der Waals surface area contributed by atoms with Gasteiger partial charge in [0.2, 0.25) is 5.91 Å². The van der Waals surface area contributed by atoms with E-state index < -0.39 is 30.4 Å². The number of anilines is 2. The lowest BCUT2D eigenvalue weighted by molar-refractivity contribution is -0.130. The number of halogens is 1. The zero-order valence-corrected chi connectivity index (χ0v) is 14.3. The number of carbonyl (C=O) groups excluding carboxylic acids is 3. The van der Waals surface area contributed by atoms with E-state index in [1.165, 1.54) is 11.0 Å². The summed E-state index contributed by atoms with van der Waals surface area (Å²) in [6, 6.07) is 6.81. The largest absolute Gasteiger partial charge is 0.360 e. The van der Waals surface area contributed by atoms with Crippen molar-refractivity contribution in [3.63, 3.8) is 0 Å². The van der Waals surface area contributed by atoms with E-state index in [2.05, 4.69) is 10.5 Å². The van der Waals surface area contributed by atoms with Gasteiger partial charge in [-0.25, -0.2) is 4.79 Å². The van der Waals surface area contributed by atoms with E-state index in [-0.39, 0.29) is 5.82 Å². The van der Waals surface area contributed by atoms with E-state index in [1.54, 1.807) is 38.1 Å². The lowest BCUT2D eigenvalue weighted by Crippen LogP contribution is -2.39. The average Bonchev–Trinajstić information content (AvgIpc) is 3.06. The van der Waals surface area contributed by atoms with Gasteiger partial charge in [-0.1, -0.05) is 16.8 Å². The van der Waals surface area contributed by atoms with Gasteiger partial charge >= 0.3 is 6.03 Å². The van der Waals surface area contributed by atoms with E-state index in [0.717, 1.165) is 4.90 Å². The molecule has 2 heterocycles. The molecule has 1 fully saturated rings. The Bertz CT molecular complexity index is 833. The molecule has 1 saturated heterocycles. The van der Waals surface area contributed by atoms with Crippen LogP contribution in [-0.4, -0.2) is 40.5 Å². The number of nitrogens with one attached hydrogen (secondary N) is 1. The van der Waals surface area contributed by atoms with Crippen LogP contribution in [0.2, 0.25) is 5.02 Å². The maximum atomic E-state index is 12.6. The summed E-state index contributed by atoms with van der Waals surface area (Å²) >= 11 is 5.85. The number of imide groups is 1. The summed E-state index contributed by atoms with van der Waals surface area (Å²) in [6.07, 6.45) is 0. The molecule has 1 aromatic carbocycles. The molecule has 1 N–H and O–H groups in total. The molecule has 0 saturated carbocycles. The number of hydrogen-bond acceptors (Lipinski definition) is 5. The molecule has 2 aromatic rings. The first-order valence-electron chi connectivity index (χ1n) is 7.50. The first kappa shape index (κ1) is 17.0. The maximum absolute atomic E-state index is 12.6. The van der Waals surface area contributed by atoms with E-state index in [4.69, 9.17) is 16.1 Å². The first-order valence-corrected chi connectivity index (χ1v) is 7.88. The van der Waals surface area contributed by atoms with Gasteiger partial charge in [0.05, 0.1) is 0 Å². The van der Waals surface area contributed by atoms with Crippen molar-refractivity contribution in [3.8, 4) is 0 Å². The highest BCUT2D eigenvalue weighted by atomic mass is 35.5. The standard InChI is InChI=1S/C16H15ClN4O4/c1-9-7-13(19-25-9)18-14(22)8-20-15(23)10(2)21(16(20)24)12-5-3-11(17)4-6-12/h3-7,10H,8H2,1-2H3,(H,18,19,22)/t10-/m1/s1. The Morgan fingerprint density at radius 2 is 2.00 bits per heavy atom. The van der Waals surface area contributed by atoms with Gasteiger partial charge in [-0.05, 0) is 38.1 Å². The molecular formula is C16H15ClN4O4.